The third kappa shape index (κ3) is 2.72. The van der Waals surface area contributed by atoms with Gasteiger partial charge in [0.1, 0.15) is 0 Å². The third-order valence-electron chi connectivity index (χ3n) is 2.07. The molecule has 0 aliphatic carbocycles. The molecule has 1 rings (SSSR count). The highest BCUT2D eigenvalue weighted by Gasteiger charge is 2.03. The molecule has 0 saturated carbocycles. The van der Waals surface area contributed by atoms with Crippen molar-refractivity contribution in [2.24, 2.45) is 5.73 Å². The van der Waals surface area contributed by atoms with E-state index in [-0.39, 0.29) is 12.6 Å². The van der Waals surface area contributed by atoms with Crippen LogP contribution in [0.1, 0.15) is 18.0 Å². The number of anilines is 1. The van der Waals surface area contributed by atoms with Crippen LogP contribution < -0.4 is 11.1 Å². The van der Waals surface area contributed by atoms with E-state index in [2.05, 4.69) is 5.32 Å². The topological polar surface area (TPSA) is 58.3 Å². The van der Waals surface area contributed by atoms with E-state index in [1.54, 1.807) is 0 Å². The maximum atomic E-state index is 8.71. The first-order chi connectivity index (χ1) is 6.27. The minimum atomic E-state index is -0.0593. The van der Waals surface area contributed by atoms with Gasteiger partial charge in [-0.1, -0.05) is 12.1 Å². The largest absolute Gasteiger partial charge is 0.396 e. The van der Waals surface area contributed by atoms with Gasteiger partial charge in [-0.15, -0.1) is 0 Å². The van der Waals surface area contributed by atoms with E-state index in [1.807, 2.05) is 31.3 Å². The zero-order valence-corrected chi connectivity index (χ0v) is 7.83. The van der Waals surface area contributed by atoms with Crippen LogP contribution in [0.15, 0.2) is 24.3 Å². The first-order valence-electron chi connectivity index (χ1n) is 4.42. The van der Waals surface area contributed by atoms with Gasteiger partial charge in [0, 0.05) is 25.4 Å². The van der Waals surface area contributed by atoms with Gasteiger partial charge < -0.3 is 16.2 Å². The molecule has 1 aromatic carbocycles. The Kier molecular flexibility index (Phi) is 3.73. The van der Waals surface area contributed by atoms with Crippen LogP contribution in [0.3, 0.4) is 0 Å². The molecule has 0 aromatic heterocycles. The summed E-state index contributed by atoms with van der Waals surface area (Å²) in [4.78, 5) is 0. The number of nitrogens with one attached hydrogen (secondary N) is 1. The molecular weight excluding hydrogens is 164 g/mol. The Morgan fingerprint density at radius 3 is 2.46 bits per heavy atom. The molecule has 3 nitrogen and oxygen atoms in total. The summed E-state index contributed by atoms with van der Waals surface area (Å²) in [5.74, 6) is 0. The molecule has 0 heterocycles. The van der Waals surface area contributed by atoms with Gasteiger partial charge in [0.05, 0.1) is 0 Å². The lowest BCUT2D eigenvalue weighted by Gasteiger charge is -2.10. The second kappa shape index (κ2) is 4.84. The molecular formula is C10H16N2O. The van der Waals surface area contributed by atoms with Crippen molar-refractivity contribution in [3.8, 4) is 0 Å². The molecule has 4 N–H and O–H groups in total. The number of hydrogen-bond acceptors (Lipinski definition) is 3. The number of aliphatic hydroxyl groups is 1. The van der Waals surface area contributed by atoms with E-state index in [0.717, 1.165) is 11.3 Å². The van der Waals surface area contributed by atoms with Crippen LogP contribution in [0.4, 0.5) is 5.69 Å². The summed E-state index contributed by atoms with van der Waals surface area (Å²) in [5.41, 5.74) is 7.95. The van der Waals surface area contributed by atoms with Crippen LogP contribution in [-0.2, 0) is 0 Å². The average Bonchev–Trinajstić information content (AvgIpc) is 2.18. The molecule has 0 aliphatic heterocycles. The summed E-state index contributed by atoms with van der Waals surface area (Å²) in [7, 11) is 1.88. The number of hydrogen-bond donors (Lipinski definition) is 3. The van der Waals surface area contributed by atoms with E-state index in [4.69, 9.17) is 10.8 Å². The van der Waals surface area contributed by atoms with Gasteiger partial charge in [-0.3, -0.25) is 0 Å². The zero-order valence-electron chi connectivity index (χ0n) is 7.83. The van der Waals surface area contributed by atoms with Crippen molar-refractivity contribution in [1.82, 2.24) is 0 Å². The Morgan fingerprint density at radius 2 is 2.00 bits per heavy atom. The molecule has 0 saturated heterocycles. The van der Waals surface area contributed by atoms with E-state index < -0.39 is 0 Å². The Bertz CT molecular complexity index is 246. The van der Waals surface area contributed by atoms with Crippen molar-refractivity contribution in [2.75, 3.05) is 19.0 Å². The van der Waals surface area contributed by atoms with Crippen LogP contribution in [0.5, 0.6) is 0 Å². The summed E-state index contributed by atoms with van der Waals surface area (Å²) in [5, 5.41) is 11.7. The number of benzene rings is 1. The second-order valence-electron chi connectivity index (χ2n) is 2.99. The Balaban J connectivity index is 2.67. The van der Waals surface area contributed by atoms with Gasteiger partial charge in [0.15, 0.2) is 0 Å². The molecule has 0 amide bonds. The Morgan fingerprint density at radius 1 is 1.38 bits per heavy atom. The summed E-state index contributed by atoms with van der Waals surface area (Å²) in [6, 6.07) is 7.85. The second-order valence-corrected chi connectivity index (χ2v) is 2.99. The number of aliphatic hydroxyl groups excluding tert-OH is 1. The lowest BCUT2D eigenvalue weighted by molar-refractivity contribution is 0.276. The summed E-state index contributed by atoms with van der Waals surface area (Å²) < 4.78 is 0. The summed E-state index contributed by atoms with van der Waals surface area (Å²) >= 11 is 0. The zero-order chi connectivity index (χ0) is 9.68. The molecule has 0 unspecified atom stereocenters. The van der Waals surface area contributed by atoms with Crippen LogP contribution in [0, 0.1) is 0 Å². The van der Waals surface area contributed by atoms with Crippen molar-refractivity contribution in [2.45, 2.75) is 12.5 Å². The van der Waals surface area contributed by atoms with Crippen LogP contribution >= 0.6 is 0 Å². The van der Waals surface area contributed by atoms with Gasteiger partial charge in [-0.25, -0.2) is 0 Å². The Labute approximate surface area is 78.6 Å². The van der Waals surface area contributed by atoms with Gasteiger partial charge in [0.25, 0.3) is 0 Å². The predicted molar refractivity (Wildman–Crippen MR) is 54.6 cm³/mol. The first kappa shape index (κ1) is 10.0. The SMILES string of the molecule is CNc1ccc([C@@H](N)CCO)cc1. The maximum absolute atomic E-state index is 8.71. The van der Waals surface area contributed by atoms with Crippen molar-refractivity contribution < 1.29 is 5.11 Å². The van der Waals surface area contributed by atoms with E-state index >= 15 is 0 Å². The van der Waals surface area contributed by atoms with Crippen LogP contribution in [0.25, 0.3) is 0 Å². The molecule has 1 atom stereocenters. The minimum Gasteiger partial charge on any atom is -0.396 e. The average molecular weight is 180 g/mol. The molecule has 0 fully saturated rings. The standard InChI is InChI=1S/C10H16N2O/c1-12-9-4-2-8(3-5-9)10(11)6-7-13/h2-5,10,12-13H,6-7,11H2,1H3/t10-/m0/s1. The highest BCUT2D eigenvalue weighted by molar-refractivity contribution is 5.44. The summed E-state index contributed by atoms with van der Waals surface area (Å²) in [6.07, 6.45) is 0.610. The van der Waals surface area contributed by atoms with E-state index in [9.17, 15) is 0 Å². The predicted octanol–water partition coefficient (Wildman–Crippen LogP) is 1.11. The maximum Gasteiger partial charge on any atom is 0.0449 e. The van der Waals surface area contributed by atoms with Crippen molar-refractivity contribution >= 4 is 5.69 Å². The van der Waals surface area contributed by atoms with E-state index in [0.29, 0.717) is 6.42 Å². The molecule has 0 aliphatic rings. The first-order valence-corrected chi connectivity index (χ1v) is 4.42. The van der Waals surface area contributed by atoms with Gasteiger partial charge >= 0.3 is 0 Å². The monoisotopic (exact) mass is 180 g/mol. The van der Waals surface area contributed by atoms with Crippen molar-refractivity contribution in [3.05, 3.63) is 29.8 Å². The lowest BCUT2D eigenvalue weighted by Crippen LogP contribution is -2.11. The Hall–Kier alpha value is -1.06. The van der Waals surface area contributed by atoms with Crippen LogP contribution in [0.2, 0.25) is 0 Å². The summed E-state index contributed by atoms with van der Waals surface area (Å²) in [6.45, 7) is 0.134. The lowest BCUT2D eigenvalue weighted by atomic mass is 10.1. The fourth-order valence-corrected chi connectivity index (χ4v) is 1.20. The minimum absolute atomic E-state index is 0.0593. The van der Waals surface area contributed by atoms with Crippen LogP contribution in [-0.4, -0.2) is 18.8 Å². The molecule has 1 aromatic rings. The fourth-order valence-electron chi connectivity index (χ4n) is 1.20. The molecule has 72 valence electrons. The fraction of sp³-hybridized carbons (Fsp3) is 0.400. The van der Waals surface area contributed by atoms with E-state index in [1.165, 1.54) is 0 Å². The normalized spacial score (nSPS) is 12.5. The molecule has 3 heteroatoms. The number of nitrogens with two attached hydrogens (primary N) is 1. The third-order valence-corrected chi connectivity index (χ3v) is 2.07. The van der Waals surface area contributed by atoms with Crippen molar-refractivity contribution in [3.63, 3.8) is 0 Å². The molecule has 13 heavy (non-hydrogen) atoms. The van der Waals surface area contributed by atoms with Gasteiger partial charge in [0.2, 0.25) is 0 Å². The number of rotatable bonds is 4. The van der Waals surface area contributed by atoms with Crippen molar-refractivity contribution in [1.29, 1.82) is 0 Å². The molecule has 0 spiro atoms. The van der Waals surface area contributed by atoms with Gasteiger partial charge in [-0.05, 0) is 24.1 Å². The highest BCUT2D eigenvalue weighted by atomic mass is 16.3. The molecule has 0 radical (unpaired) electrons. The van der Waals surface area contributed by atoms with Gasteiger partial charge in [-0.2, -0.15) is 0 Å². The molecule has 0 bridgehead atoms. The highest BCUT2D eigenvalue weighted by Crippen LogP contribution is 2.16. The smallest absolute Gasteiger partial charge is 0.0449 e. The quantitative estimate of drug-likeness (QED) is 0.650.